The Labute approximate surface area is 124 Å². The predicted molar refractivity (Wildman–Crippen MR) is 79.2 cm³/mol. The number of amides is 1. The highest BCUT2D eigenvalue weighted by Crippen LogP contribution is 2.23. The standard InChI is InChI=1S/C12H16Cl2N2O.ClH/c1-2-6-15-7-8-16-12(17)11-9(13)4-3-5-10(11)14;/h3-5,15H,2,6-8H2,1H3,(H,16,17);1H. The molecule has 6 heteroatoms. The van der Waals surface area contributed by atoms with E-state index in [4.69, 9.17) is 23.2 Å². The summed E-state index contributed by atoms with van der Waals surface area (Å²) in [7, 11) is 0. The molecule has 0 aliphatic heterocycles. The molecule has 18 heavy (non-hydrogen) atoms. The number of hydrogen-bond acceptors (Lipinski definition) is 2. The third-order valence-corrected chi connectivity index (χ3v) is 2.83. The van der Waals surface area contributed by atoms with E-state index in [2.05, 4.69) is 17.6 Å². The van der Waals surface area contributed by atoms with Crippen LogP contribution in [0.2, 0.25) is 10.0 Å². The minimum absolute atomic E-state index is 0. The zero-order valence-corrected chi connectivity index (χ0v) is 12.5. The smallest absolute Gasteiger partial charge is 0.254 e. The largest absolute Gasteiger partial charge is 0.351 e. The Morgan fingerprint density at radius 1 is 1.17 bits per heavy atom. The molecule has 1 aromatic rings. The van der Waals surface area contributed by atoms with Crippen molar-refractivity contribution in [1.29, 1.82) is 0 Å². The summed E-state index contributed by atoms with van der Waals surface area (Å²) in [4.78, 5) is 11.8. The van der Waals surface area contributed by atoms with E-state index in [0.29, 0.717) is 22.2 Å². The van der Waals surface area contributed by atoms with E-state index in [-0.39, 0.29) is 18.3 Å². The molecule has 0 saturated carbocycles. The first-order valence-electron chi connectivity index (χ1n) is 5.59. The van der Waals surface area contributed by atoms with E-state index in [1.165, 1.54) is 0 Å². The van der Waals surface area contributed by atoms with Crippen molar-refractivity contribution in [2.75, 3.05) is 19.6 Å². The second-order valence-corrected chi connectivity index (χ2v) is 4.42. The quantitative estimate of drug-likeness (QED) is 0.792. The van der Waals surface area contributed by atoms with Gasteiger partial charge in [-0.15, -0.1) is 12.4 Å². The Morgan fingerprint density at radius 3 is 2.33 bits per heavy atom. The van der Waals surface area contributed by atoms with Crippen LogP contribution in [-0.4, -0.2) is 25.5 Å². The van der Waals surface area contributed by atoms with E-state index in [1.54, 1.807) is 18.2 Å². The van der Waals surface area contributed by atoms with Gasteiger partial charge in [-0.2, -0.15) is 0 Å². The first kappa shape index (κ1) is 17.5. The van der Waals surface area contributed by atoms with Gasteiger partial charge in [-0.25, -0.2) is 0 Å². The zero-order chi connectivity index (χ0) is 12.7. The molecule has 0 aromatic heterocycles. The third-order valence-electron chi connectivity index (χ3n) is 2.20. The van der Waals surface area contributed by atoms with E-state index in [1.807, 2.05) is 0 Å². The van der Waals surface area contributed by atoms with Crippen LogP contribution in [0.25, 0.3) is 0 Å². The minimum atomic E-state index is -0.237. The molecule has 0 saturated heterocycles. The normalized spacial score (nSPS) is 9.72. The highest BCUT2D eigenvalue weighted by molar-refractivity contribution is 6.39. The maximum Gasteiger partial charge on any atom is 0.254 e. The lowest BCUT2D eigenvalue weighted by atomic mass is 10.2. The van der Waals surface area contributed by atoms with E-state index < -0.39 is 0 Å². The van der Waals surface area contributed by atoms with Gasteiger partial charge in [0.25, 0.3) is 5.91 Å². The van der Waals surface area contributed by atoms with Gasteiger partial charge in [0.2, 0.25) is 0 Å². The van der Waals surface area contributed by atoms with E-state index in [9.17, 15) is 4.79 Å². The lowest BCUT2D eigenvalue weighted by molar-refractivity contribution is 0.0954. The van der Waals surface area contributed by atoms with Crippen molar-refractivity contribution in [3.8, 4) is 0 Å². The van der Waals surface area contributed by atoms with Crippen LogP contribution in [0.5, 0.6) is 0 Å². The highest BCUT2D eigenvalue weighted by atomic mass is 35.5. The predicted octanol–water partition coefficient (Wildman–Crippen LogP) is 3.14. The number of nitrogens with one attached hydrogen (secondary N) is 2. The van der Waals surface area contributed by atoms with Crippen LogP contribution < -0.4 is 10.6 Å². The van der Waals surface area contributed by atoms with E-state index in [0.717, 1.165) is 19.5 Å². The molecular weight excluding hydrogens is 295 g/mol. The fraction of sp³-hybridized carbons (Fsp3) is 0.417. The number of carbonyl (C=O) groups excluding carboxylic acids is 1. The van der Waals surface area contributed by atoms with Gasteiger partial charge in [0.15, 0.2) is 0 Å². The highest BCUT2D eigenvalue weighted by Gasteiger charge is 2.13. The fourth-order valence-corrected chi connectivity index (χ4v) is 1.94. The maximum absolute atomic E-state index is 11.8. The van der Waals surface area contributed by atoms with Crippen molar-refractivity contribution in [2.45, 2.75) is 13.3 Å². The average Bonchev–Trinajstić information content (AvgIpc) is 2.28. The SMILES string of the molecule is CCCNCCNC(=O)c1c(Cl)cccc1Cl.Cl. The van der Waals surface area contributed by atoms with Gasteiger partial charge in [-0.3, -0.25) is 4.79 Å². The Morgan fingerprint density at radius 2 is 1.78 bits per heavy atom. The summed E-state index contributed by atoms with van der Waals surface area (Å²) >= 11 is 11.9. The van der Waals surface area contributed by atoms with Crippen molar-refractivity contribution >= 4 is 41.5 Å². The van der Waals surface area contributed by atoms with Gasteiger partial charge in [0.1, 0.15) is 0 Å². The lowest BCUT2D eigenvalue weighted by Crippen LogP contribution is -2.32. The minimum Gasteiger partial charge on any atom is -0.351 e. The number of carbonyl (C=O) groups is 1. The van der Waals surface area contributed by atoms with Crippen LogP contribution in [0.4, 0.5) is 0 Å². The van der Waals surface area contributed by atoms with Gasteiger partial charge >= 0.3 is 0 Å². The summed E-state index contributed by atoms with van der Waals surface area (Å²) in [6.45, 7) is 4.33. The Kier molecular flexibility index (Phi) is 9.20. The van der Waals surface area contributed by atoms with Crippen LogP contribution in [-0.2, 0) is 0 Å². The summed E-state index contributed by atoms with van der Waals surface area (Å²) < 4.78 is 0. The first-order valence-corrected chi connectivity index (χ1v) is 6.35. The summed E-state index contributed by atoms with van der Waals surface area (Å²) in [6.07, 6.45) is 1.07. The molecule has 1 rings (SSSR count). The molecule has 1 amide bonds. The Hall–Kier alpha value is -0.480. The summed E-state index contributed by atoms with van der Waals surface area (Å²) in [5.74, 6) is -0.237. The van der Waals surface area contributed by atoms with Gasteiger partial charge in [-0.05, 0) is 25.1 Å². The van der Waals surface area contributed by atoms with Crippen LogP contribution in [0.3, 0.4) is 0 Å². The van der Waals surface area contributed by atoms with Crippen molar-refractivity contribution in [3.05, 3.63) is 33.8 Å². The van der Waals surface area contributed by atoms with Crippen LogP contribution in [0.15, 0.2) is 18.2 Å². The molecule has 102 valence electrons. The van der Waals surface area contributed by atoms with Crippen molar-refractivity contribution in [1.82, 2.24) is 10.6 Å². The van der Waals surface area contributed by atoms with Crippen LogP contribution >= 0.6 is 35.6 Å². The molecule has 0 bridgehead atoms. The van der Waals surface area contributed by atoms with Crippen LogP contribution in [0.1, 0.15) is 23.7 Å². The second-order valence-electron chi connectivity index (χ2n) is 3.60. The van der Waals surface area contributed by atoms with Gasteiger partial charge < -0.3 is 10.6 Å². The number of hydrogen-bond donors (Lipinski definition) is 2. The van der Waals surface area contributed by atoms with Gasteiger partial charge in [0.05, 0.1) is 15.6 Å². The first-order chi connectivity index (χ1) is 8.16. The molecule has 0 aliphatic rings. The Balaban J connectivity index is 0.00000289. The number of benzene rings is 1. The summed E-state index contributed by atoms with van der Waals surface area (Å²) in [5, 5.41) is 6.70. The van der Waals surface area contributed by atoms with Crippen molar-refractivity contribution in [2.24, 2.45) is 0 Å². The van der Waals surface area contributed by atoms with Gasteiger partial charge in [-0.1, -0.05) is 36.2 Å². The lowest BCUT2D eigenvalue weighted by Gasteiger charge is -2.08. The third kappa shape index (κ3) is 5.44. The second kappa shape index (κ2) is 9.45. The Bertz CT molecular complexity index is 365. The van der Waals surface area contributed by atoms with Crippen molar-refractivity contribution in [3.63, 3.8) is 0 Å². The molecule has 3 nitrogen and oxygen atoms in total. The van der Waals surface area contributed by atoms with Crippen molar-refractivity contribution < 1.29 is 4.79 Å². The summed E-state index contributed by atoms with van der Waals surface area (Å²) in [5.41, 5.74) is 0.339. The zero-order valence-electron chi connectivity index (χ0n) is 10.1. The monoisotopic (exact) mass is 310 g/mol. The molecular formula is C12H17Cl3N2O. The van der Waals surface area contributed by atoms with Gasteiger partial charge in [0, 0.05) is 13.1 Å². The molecule has 2 N–H and O–H groups in total. The van der Waals surface area contributed by atoms with Crippen LogP contribution in [0, 0.1) is 0 Å². The topological polar surface area (TPSA) is 41.1 Å². The molecule has 0 unspecified atom stereocenters. The van der Waals surface area contributed by atoms with E-state index >= 15 is 0 Å². The molecule has 0 spiro atoms. The molecule has 0 heterocycles. The molecule has 0 fully saturated rings. The number of rotatable bonds is 6. The maximum atomic E-state index is 11.8. The summed E-state index contributed by atoms with van der Waals surface area (Å²) in [6, 6.07) is 5.01. The molecule has 0 atom stereocenters. The fourth-order valence-electron chi connectivity index (χ4n) is 1.37. The average molecular weight is 312 g/mol. The molecule has 0 aliphatic carbocycles. The number of halogens is 3. The molecule has 1 aromatic carbocycles. The molecule has 0 radical (unpaired) electrons.